The summed E-state index contributed by atoms with van der Waals surface area (Å²) in [6, 6.07) is -4.52. The zero-order chi connectivity index (χ0) is 38.1. The number of unbranched alkanes of at least 4 members (excludes halogenated alkanes) is 1. The molecule has 0 saturated carbocycles. The molecular weight excluding hydrogens is 650 g/mol. The molecule has 0 unspecified atom stereocenters. The molecule has 50 heavy (non-hydrogen) atoms. The van der Waals surface area contributed by atoms with E-state index in [-0.39, 0.29) is 30.6 Å². The molecule has 16 heteroatoms. The minimum atomic E-state index is -1.42. The monoisotopic (exact) mass is 709 g/mol. The molecule has 0 aromatic carbocycles. The maximum Gasteiger partial charge on any atom is 0.306 e. The number of ketones is 2. The first-order chi connectivity index (χ1) is 23.4. The second-order valence-electron chi connectivity index (χ2n) is 14.2. The van der Waals surface area contributed by atoms with Crippen molar-refractivity contribution in [2.45, 2.75) is 122 Å². The number of carboxylic acids is 1. The fraction of sp³-hybridized carbons (Fsp3) is 0.765. The van der Waals surface area contributed by atoms with Crippen LogP contribution in [0.15, 0.2) is 0 Å². The summed E-state index contributed by atoms with van der Waals surface area (Å²) in [5, 5.41) is 17.7. The van der Waals surface area contributed by atoms with E-state index < -0.39 is 103 Å². The standard InChI is InChI=1S/C34H59N7O9/c1-19(2)13-22(31(46)39-24(17-29(36)44)27(42)15-21(34(49)50)9-6-7-11-38-5)16-28(43)25(18-30(37)45)40-32(47)26-10-8-12-41(26)33(48)23(35)14-20(3)4/h19-26,38H,6-18,35H2,1-5H3,(H2,36,44)(H2,37,45)(H,39,46)(H,40,47)(H,49,50)/t21-,22-,23+,24+,25+,26+/m1/s1. The molecule has 0 bridgehead atoms. The Morgan fingerprint density at radius 2 is 1.32 bits per heavy atom. The van der Waals surface area contributed by atoms with Gasteiger partial charge in [0.25, 0.3) is 0 Å². The summed E-state index contributed by atoms with van der Waals surface area (Å²) in [6.45, 7) is 8.44. The zero-order valence-corrected chi connectivity index (χ0v) is 30.2. The van der Waals surface area contributed by atoms with Crippen LogP contribution in [0.5, 0.6) is 0 Å². The molecule has 284 valence electrons. The van der Waals surface area contributed by atoms with E-state index in [1.54, 1.807) is 20.9 Å². The van der Waals surface area contributed by atoms with Crippen molar-refractivity contribution in [3.05, 3.63) is 0 Å². The van der Waals surface area contributed by atoms with Crippen molar-refractivity contribution >= 4 is 47.1 Å². The van der Waals surface area contributed by atoms with E-state index in [9.17, 15) is 43.5 Å². The van der Waals surface area contributed by atoms with Gasteiger partial charge in [0.05, 0.1) is 36.9 Å². The Labute approximate surface area is 294 Å². The van der Waals surface area contributed by atoms with Crippen LogP contribution in [0.25, 0.3) is 0 Å². The Morgan fingerprint density at radius 3 is 1.82 bits per heavy atom. The number of nitrogens with one attached hydrogen (secondary N) is 3. The van der Waals surface area contributed by atoms with Gasteiger partial charge >= 0.3 is 5.97 Å². The maximum absolute atomic E-state index is 13.6. The van der Waals surface area contributed by atoms with Crippen molar-refractivity contribution in [3.8, 4) is 0 Å². The quantitative estimate of drug-likeness (QED) is 0.0607. The molecule has 0 aromatic rings. The second-order valence-corrected chi connectivity index (χ2v) is 14.2. The number of nitrogens with zero attached hydrogens (tertiary/aromatic N) is 1. The number of Topliss-reactive ketones (excluding diaryl/α,β-unsaturated/α-hetero) is 2. The normalized spacial score (nSPS) is 17.4. The van der Waals surface area contributed by atoms with E-state index in [4.69, 9.17) is 17.2 Å². The lowest BCUT2D eigenvalue weighted by Gasteiger charge is -2.29. The molecule has 10 N–H and O–H groups in total. The number of likely N-dealkylation sites (tertiary alicyclic amines) is 1. The highest BCUT2D eigenvalue weighted by Gasteiger charge is 2.39. The summed E-state index contributed by atoms with van der Waals surface area (Å²) in [6.07, 6.45) is 0.901. The number of rotatable bonds is 25. The number of carbonyl (C=O) groups is 8. The van der Waals surface area contributed by atoms with Gasteiger partial charge in [0.1, 0.15) is 6.04 Å². The number of amides is 5. The highest BCUT2D eigenvalue weighted by Crippen LogP contribution is 2.22. The average Bonchev–Trinajstić information content (AvgIpc) is 3.50. The molecule has 1 fully saturated rings. The van der Waals surface area contributed by atoms with Gasteiger partial charge in [-0.05, 0) is 64.0 Å². The van der Waals surface area contributed by atoms with Crippen molar-refractivity contribution in [1.82, 2.24) is 20.9 Å². The molecular formula is C34H59N7O9. The first kappa shape index (κ1) is 44.1. The molecule has 16 nitrogen and oxygen atoms in total. The lowest BCUT2D eigenvalue weighted by Crippen LogP contribution is -2.54. The number of hydrogen-bond donors (Lipinski definition) is 7. The molecule has 0 aliphatic carbocycles. The fourth-order valence-electron chi connectivity index (χ4n) is 6.20. The molecule has 1 rings (SSSR count). The van der Waals surface area contributed by atoms with Crippen LogP contribution >= 0.6 is 0 Å². The number of primary amides is 2. The minimum absolute atomic E-state index is 0.116. The van der Waals surface area contributed by atoms with Crippen LogP contribution in [0.2, 0.25) is 0 Å². The van der Waals surface area contributed by atoms with Gasteiger partial charge < -0.3 is 43.2 Å². The largest absolute Gasteiger partial charge is 0.481 e. The third-order valence-corrected chi connectivity index (χ3v) is 8.70. The first-order valence-corrected chi connectivity index (χ1v) is 17.5. The smallest absolute Gasteiger partial charge is 0.306 e. The number of hydrogen-bond acceptors (Lipinski definition) is 10. The number of carboxylic acid groups (broad SMARTS) is 1. The van der Waals surface area contributed by atoms with Crippen LogP contribution in [0.3, 0.4) is 0 Å². The molecule has 1 heterocycles. The van der Waals surface area contributed by atoms with Crippen LogP contribution in [0, 0.1) is 23.7 Å². The van der Waals surface area contributed by atoms with Crippen molar-refractivity contribution in [2.75, 3.05) is 20.1 Å². The minimum Gasteiger partial charge on any atom is -0.481 e. The van der Waals surface area contributed by atoms with Gasteiger partial charge in [-0.1, -0.05) is 34.1 Å². The zero-order valence-electron chi connectivity index (χ0n) is 30.2. The van der Waals surface area contributed by atoms with Gasteiger partial charge in [-0.25, -0.2) is 0 Å². The number of nitrogens with two attached hydrogens (primary N) is 3. The van der Waals surface area contributed by atoms with Gasteiger partial charge in [0.2, 0.25) is 29.5 Å². The lowest BCUT2D eigenvalue weighted by atomic mass is 9.88. The summed E-state index contributed by atoms with van der Waals surface area (Å²) in [4.78, 5) is 104. The van der Waals surface area contributed by atoms with Gasteiger partial charge in [-0.3, -0.25) is 38.4 Å². The fourth-order valence-corrected chi connectivity index (χ4v) is 6.20. The van der Waals surface area contributed by atoms with Crippen LogP contribution in [-0.2, 0) is 38.4 Å². The Hall–Kier alpha value is -3.92. The van der Waals surface area contributed by atoms with Crippen LogP contribution in [0.4, 0.5) is 0 Å². The second kappa shape index (κ2) is 22.0. The SMILES string of the molecule is CNCCCC[C@H](CC(=O)[C@H](CC(N)=O)NC(=O)[C@@H](CC(=O)[C@H](CC(N)=O)NC(=O)[C@@H]1CCCN1C(=O)[C@@H](N)CC(C)C)CC(C)C)C(=O)O. The topological polar surface area (TPSA) is 274 Å². The van der Waals surface area contributed by atoms with Gasteiger partial charge in [0, 0.05) is 25.3 Å². The van der Waals surface area contributed by atoms with Crippen LogP contribution in [-0.4, -0.2) is 101 Å². The summed E-state index contributed by atoms with van der Waals surface area (Å²) < 4.78 is 0. The van der Waals surface area contributed by atoms with Crippen molar-refractivity contribution in [3.63, 3.8) is 0 Å². The Bertz CT molecular complexity index is 1210. The predicted molar refractivity (Wildman–Crippen MR) is 185 cm³/mol. The Balaban J connectivity index is 3.15. The molecule has 1 aliphatic heterocycles. The van der Waals surface area contributed by atoms with E-state index in [1.807, 2.05) is 13.8 Å². The summed E-state index contributed by atoms with van der Waals surface area (Å²) in [7, 11) is 1.77. The van der Waals surface area contributed by atoms with Crippen molar-refractivity contribution < 1.29 is 43.5 Å². The molecule has 6 atom stereocenters. The molecule has 5 amide bonds. The predicted octanol–water partition coefficient (Wildman–Crippen LogP) is -0.258. The van der Waals surface area contributed by atoms with E-state index in [0.29, 0.717) is 45.2 Å². The van der Waals surface area contributed by atoms with Crippen LogP contribution < -0.4 is 33.2 Å². The Morgan fingerprint density at radius 1 is 0.780 bits per heavy atom. The van der Waals surface area contributed by atoms with Crippen molar-refractivity contribution in [2.24, 2.45) is 40.9 Å². The van der Waals surface area contributed by atoms with E-state index >= 15 is 0 Å². The average molecular weight is 710 g/mol. The maximum atomic E-state index is 13.6. The van der Waals surface area contributed by atoms with E-state index in [0.717, 1.165) is 0 Å². The highest BCUT2D eigenvalue weighted by molar-refractivity contribution is 5.99. The molecule has 0 spiro atoms. The third-order valence-electron chi connectivity index (χ3n) is 8.70. The highest BCUT2D eigenvalue weighted by atomic mass is 16.4. The third kappa shape index (κ3) is 15.7. The van der Waals surface area contributed by atoms with Gasteiger partial charge in [-0.2, -0.15) is 0 Å². The number of carbonyl (C=O) groups excluding carboxylic acids is 7. The molecule has 0 radical (unpaired) electrons. The molecule has 1 aliphatic rings. The van der Waals surface area contributed by atoms with Gasteiger partial charge in [0.15, 0.2) is 11.6 Å². The lowest BCUT2D eigenvalue weighted by molar-refractivity contribution is -0.144. The number of aliphatic carboxylic acids is 1. The molecule has 1 saturated heterocycles. The van der Waals surface area contributed by atoms with E-state index in [1.165, 1.54) is 4.90 Å². The Kier molecular flexibility index (Phi) is 19.4. The first-order valence-electron chi connectivity index (χ1n) is 17.5. The summed E-state index contributed by atoms with van der Waals surface area (Å²) in [5.41, 5.74) is 16.9. The van der Waals surface area contributed by atoms with Crippen LogP contribution in [0.1, 0.15) is 98.3 Å². The summed E-state index contributed by atoms with van der Waals surface area (Å²) >= 11 is 0. The van der Waals surface area contributed by atoms with E-state index in [2.05, 4.69) is 16.0 Å². The molecule has 0 aromatic heterocycles. The van der Waals surface area contributed by atoms with Gasteiger partial charge in [-0.15, -0.1) is 0 Å². The van der Waals surface area contributed by atoms with Crippen molar-refractivity contribution in [1.29, 1.82) is 0 Å². The summed E-state index contributed by atoms with van der Waals surface area (Å²) in [5.74, 6) is -8.13.